The molecule has 0 aromatic heterocycles. The summed E-state index contributed by atoms with van der Waals surface area (Å²) in [4.78, 5) is 4.93. The highest BCUT2D eigenvalue weighted by atomic mass is 127. The Morgan fingerprint density at radius 1 is 1.16 bits per heavy atom. The van der Waals surface area contributed by atoms with Crippen molar-refractivity contribution in [2.24, 2.45) is 4.99 Å². The number of halogens is 1. The third-order valence-corrected chi connectivity index (χ3v) is 5.25. The van der Waals surface area contributed by atoms with Crippen molar-refractivity contribution in [3.05, 3.63) is 29.8 Å². The zero-order valence-electron chi connectivity index (χ0n) is 15.2. The zero-order chi connectivity index (χ0) is 17.8. The first-order chi connectivity index (χ1) is 11.5. The van der Waals surface area contributed by atoms with Gasteiger partial charge in [0, 0.05) is 25.9 Å². The molecule has 0 saturated heterocycles. The first-order valence-corrected chi connectivity index (χ1v) is 11.6. The fourth-order valence-electron chi connectivity index (χ4n) is 2.12. The lowest BCUT2D eigenvalue weighted by atomic mass is 10.1. The van der Waals surface area contributed by atoms with E-state index in [1.54, 1.807) is 12.1 Å². The molecule has 1 rings (SSSR count). The summed E-state index contributed by atoms with van der Waals surface area (Å²) in [6, 6.07) is 7.06. The molecule has 0 bridgehead atoms. The van der Waals surface area contributed by atoms with E-state index in [-0.39, 0.29) is 24.0 Å². The number of hydrogen-bond donors (Lipinski definition) is 2. The molecule has 0 spiro atoms. The number of rotatable bonds is 10. The van der Waals surface area contributed by atoms with Crippen LogP contribution in [-0.2, 0) is 16.3 Å². The fourth-order valence-corrected chi connectivity index (χ4v) is 3.24. The molecule has 2 N–H and O–H groups in total. The lowest BCUT2D eigenvalue weighted by Gasteiger charge is -2.11. The normalized spacial score (nSPS) is 11.7. The predicted molar refractivity (Wildman–Crippen MR) is 120 cm³/mol. The smallest absolute Gasteiger partial charge is 0.191 e. The summed E-state index contributed by atoms with van der Waals surface area (Å²) in [6.07, 6.45) is 6.46. The summed E-state index contributed by atoms with van der Waals surface area (Å²) in [7, 11) is -3.12. The minimum atomic E-state index is -3.12. The lowest BCUT2D eigenvalue weighted by molar-refractivity contribution is 0.602. The Bertz CT molecular complexity index is 605. The van der Waals surface area contributed by atoms with Gasteiger partial charge in [0.2, 0.25) is 0 Å². The number of hydrogen-bond acceptors (Lipinski definition) is 4. The van der Waals surface area contributed by atoms with E-state index < -0.39 is 9.84 Å². The molecule has 0 saturated carbocycles. The van der Waals surface area contributed by atoms with Crippen LogP contribution >= 0.6 is 35.7 Å². The molecule has 144 valence electrons. The Hall–Kier alpha value is -0.480. The predicted octanol–water partition coefficient (Wildman–Crippen LogP) is 2.95. The zero-order valence-corrected chi connectivity index (χ0v) is 19.2. The minimum absolute atomic E-state index is 0. The number of nitrogens with zero attached hydrogens (tertiary/aromatic N) is 1. The van der Waals surface area contributed by atoms with Gasteiger partial charge in [-0.1, -0.05) is 12.1 Å². The number of unbranched alkanes of at least 4 members (excludes halogenated alkanes) is 1. The van der Waals surface area contributed by atoms with Crippen LogP contribution in [0.4, 0.5) is 0 Å². The molecule has 0 aliphatic rings. The number of benzene rings is 1. The van der Waals surface area contributed by atoms with Gasteiger partial charge in [-0.15, -0.1) is 24.0 Å². The molecule has 8 heteroatoms. The molecule has 0 radical (unpaired) electrons. The molecule has 0 aliphatic carbocycles. The van der Waals surface area contributed by atoms with Gasteiger partial charge in [0.25, 0.3) is 0 Å². The van der Waals surface area contributed by atoms with E-state index in [9.17, 15) is 8.42 Å². The van der Waals surface area contributed by atoms with E-state index in [0.717, 1.165) is 44.0 Å². The average molecular weight is 499 g/mol. The fraction of sp³-hybridized carbons (Fsp3) is 0.588. The van der Waals surface area contributed by atoms with Gasteiger partial charge in [0.1, 0.15) is 0 Å². The Balaban J connectivity index is 0.00000576. The summed E-state index contributed by atoms with van der Waals surface area (Å²) in [5.41, 5.74) is 1.10. The van der Waals surface area contributed by atoms with Crippen molar-refractivity contribution in [1.82, 2.24) is 10.6 Å². The Morgan fingerprint density at radius 2 is 1.84 bits per heavy atom. The van der Waals surface area contributed by atoms with Gasteiger partial charge in [0.15, 0.2) is 15.8 Å². The van der Waals surface area contributed by atoms with Crippen LogP contribution in [0.5, 0.6) is 0 Å². The SMILES string of the molecule is CCNC(=NCCCCSC)NCCc1ccc(S(C)(=O)=O)cc1.I. The Morgan fingerprint density at radius 3 is 2.40 bits per heavy atom. The third kappa shape index (κ3) is 11.0. The molecule has 0 unspecified atom stereocenters. The van der Waals surface area contributed by atoms with Crippen LogP contribution < -0.4 is 10.6 Å². The van der Waals surface area contributed by atoms with Crippen LogP contribution in [0, 0.1) is 0 Å². The largest absolute Gasteiger partial charge is 0.357 e. The van der Waals surface area contributed by atoms with Crippen LogP contribution in [0.3, 0.4) is 0 Å². The van der Waals surface area contributed by atoms with Crippen molar-refractivity contribution in [3.8, 4) is 0 Å². The molecule has 5 nitrogen and oxygen atoms in total. The number of guanidine groups is 1. The number of thioether (sulfide) groups is 1. The van der Waals surface area contributed by atoms with Gasteiger partial charge in [-0.05, 0) is 55.9 Å². The highest BCUT2D eigenvalue weighted by Gasteiger charge is 2.06. The van der Waals surface area contributed by atoms with E-state index in [2.05, 4.69) is 28.8 Å². The summed E-state index contributed by atoms with van der Waals surface area (Å²) in [5, 5.41) is 6.56. The van der Waals surface area contributed by atoms with Crippen LogP contribution in [0.15, 0.2) is 34.2 Å². The highest BCUT2D eigenvalue weighted by molar-refractivity contribution is 14.0. The molecule has 0 heterocycles. The van der Waals surface area contributed by atoms with Gasteiger partial charge >= 0.3 is 0 Å². The van der Waals surface area contributed by atoms with Crippen molar-refractivity contribution in [3.63, 3.8) is 0 Å². The quantitative estimate of drug-likeness (QED) is 0.224. The van der Waals surface area contributed by atoms with E-state index in [1.807, 2.05) is 23.9 Å². The molecule has 1 aromatic rings. The number of aliphatic imine (C=N–C) groups is 1. The standard InChI is InChI=1S/C17H29N3O2S2.HI/c1-4-18-17(19-12-5-6-14-23-2)20-13-11-15-7-9-16(10-8-15)24(3,21)22;/h7-10H,4-6,11-14H2,1-3H3,(H2,18,19,20);1H. The second-order valence-electron chi connectivity index (χ2n) is 5.55. The Labute approximate surface area is 173 Å². The minimum Gasteiger partial charge on any atom is -0.357 e. The topological polar surface area (TPSA) is 70.6 Å². The second-order valence-corrected chi connectivity index (χ2v) is 8.55. The third-order valence-electron chi connectivity index (χ3n) is 3.43. The summed E-state index contributed by atoms with van der Waals surface area (Å²) in [6.45, 7) is 4.47. The Kier molecular flexibility index (Phi) is 13.4. The maximum atomic E-state index is 11.4. The van der Waals surface area contributed by atoms with Crippen molar-refractivity contribution in [2.75, 3.05) is 37.9 Å². The lowest BCUT2D eigenvalue weighted by Crippen LogP contribution is -2.38. The van der Waals surface area contributed by atoms with Gasteiger partial charge in [-0.2, -0.15) is 11.8 Å². The summed E-state index contributed by atoms with van der Waals surface area (Å²) in [5.74, 6) is 2.03. The van der Waals surface area contributed by atoms with E-state index in [0.29, 0.717) is 4.90 Å². The van der Waals surface area contributed by atoms with Gasteiger partial charge < -0.3 is 10.6 Å². The summed E-state index contributed by atoms with van der Waals surface area (Å²) >= 11 is 1.87. The molecule has 1 aromatic carbocycles. The van der Waals surface area contributed by atoms with Crippen LogP contribution in [0.1, 0.15) is 25.3 Å². The monoisotopic (exact) mass is 499 g/mol. The van der Waals surface area contributed by atoms with E-state index in [4.69, 9.17) is 0 Å². The van der Waals surface area contributed by atoms with Crippen LogP contribution in [-0.4, -0.2) is 52.3 Å². The first kappa shape index (κ1) is 24.5. The molecule has 0 atom stereocenters. The maximum Gasteiger partial charge on any atom is 0.191 e. The van der Waals surface area contributed by atoms with Gasteiger partial charge in [-0.25, -0.2) is 8.42 Å². The molecule has 0 aliphatic heterocycles. The van der Waals surface area contributed by atoms with Crippen molar-refractivity contribution < 1.29 is 8.42 Å². The van der Waals surface area contributed by atoms with E-state index in [1.165, 1.54) is 18.4 Å². The van der Waals surface area contributed by atoms with Crippen molar-refractivity contribution in [2.45, 2.75) is 31.1 Å². The van der Waals surface area contributed by atoms with Crippen molar-refractivity contribution in [1.29, 1.82) is 0 Å². The first-order valence-electron chi connectivity index (χ1n) is 8.27. The highest BCUT2D eigenvalue weighted by Crippen LogP contribution is 2.10. The molecular formula is C17H30IN3O2S2. The van der Waals surface area contributed by atoms with E-state index >= 15 is 0 Å². The summed E-state index contributed by atoms with van der Waals surface area (Å²) < 4.78 is 22.9. The number of nitrogens with one attached hydrogen (secondary N) is 2. The maximum absolute atomic E-state index is 11.4. The van der Waals surface area contributed by atoms with Crippen molar-refractivity contribution >= 4 is 51.5 Å². The second kappa shape index (κ2) is 13.7. The van der Waals surface area contributed by atoms with Gasteiger partial charge in [-0.3, -0.25) is 4.99 Å². The van der Waals surface area contributed by atoms with Crippen LogP contribution in [0.25, 0.3) is 0 Å². The van der Waals surface area contributed by atoms with Crippen LogP contribution in [0.2, 0.25) is 0 Å². The average Bonchev–Trinajstić information content (AvgIpc) is 2.54. The molecular weight excluding hydrogens is 469 g/mol. The molecule has 25 heavy (non-hydrogen) atoms. The molecule has 0 fully saturated rings. The number of sulfone groups is 1. The van der Waals surface area contributed by atoms with Gasteiger partial charge in [0.05, 0.1) is 4.90 Å². The molecule has 0 amide bonds.